The number of para-hydroxylation sites is 2. The van der Waals surface area contributed by atoms with E-state index in [1.807, 2.05) is 24.3 Å². The Balaban J connectivity index is 1.74. The zero-order valence-corrected chi connectivity index (χ0v) is 11.3. The number of nitrogens with two attached hydrogens (primary N) is 1. The van der Waals surface area contributed by atoms with Crippen LogP contribution in [0.2, 0.25) is 0 Å². The quantitative estimate of drug-likeness (QED) is 0.816. The van der Waals surface area contributed by atoms with Gasteiger partial charge in [0.05, 0.1) is 5.69 Å². The maximum Gasteiger partial charge on any atom is 0.142 e. The lowest BCUT2D eigenvalue weighted by Gasteiger charge is -2.37. The fourth-order valence-electron chi connectivity index (χ4n) is 2.22. The Morgan fingerprint density at radius 3 is 2.83 bits per heavy atom. The van der Waals surface area contributed by atoms with Gasteiger partial charge in [0.1, 0.15) is 12.4 Å². The molecule has 0 spiro atoms. The van der Waals surface area contributed by atoms with Gasteiger partial charge in [-0.25, -0.2) is 0 Å². The van der Waals surface area contributed by atoms with Crippen LogP contribution < -0.4 is 10.5 Å². The molecule has 1 aromatic rings. The van der Waals surface area contributed by atoms with E-state index in [0.29, 0.717) is 18.3 Å². The first-order valence-electron chi connectivity index (χ1n) is 6.56. The molecule has 4 nitrogen and oxygen atoms in total. The van der Waals surface area contributed by atoms with Crippen molar-refractivity contribution in [2.75, 3.05) is 45.6 Å². The Morgan fingerprint density at radius 2 is 2.11 bits per heavy atom. The maximum atomic E-state index is 5.83. The molecule has 1 heterocycles. The average molecular weight is 249 g/mol. The van der Waals surface area contributed by atoms with Crippen LogP contribution in [0.3, 0.4) is 0 Å². The molecule has 0 bridgehead atoms. The number of hydrogen-bond acceptors (Lipinski definition) is 4. The van der Waals surface area contributed by atoms with Gasteiger partial charge >= 0.3 is 0 Å². The maximum absolute atomic E-state index is 5.83. The molecule has 18 heavy (non-hydrogen) atoms. The van der Waals surface area contributed by atoms with Crippen LogP contribution in [0.15, 0.2) is 24.3 Å². The van der Waals surface area contributed by atoms with Crippen LogP contribution in [-0.2, 0) is 0 Å². The summed E-state index contributed by atoms with van der Waals surface area (Å²) < 4.78 is 5.72. The molecule has 1 aliphatic rings. The largest absolute Gasteiger partial charge is 0.490 e. The molecule has 100 valence electrons. The van der Waals surface area contributed by atoms with Crippen molar-refractivity contribution < 1.29 is 4.74 Å². The molecule has 1 atom stereocenters. The normalized spacial score (nSPS) is 22.0. The summed E-state index contributed by atoms with van der Waals surface area (Å²) in [4.78, 5) is 4.84. The summed E-state index contributed by atoms with van der Waals surface area (Å²) in [7, 11) is 2.18. The number of ether oxygens (including phenoxy) is 1. The van der Waals surface area contributed by atoms with E-state index in [1.165, 1.54) is 0 Å². The van der Waals surface area contributed by atoms with E-state index in [4.69, 9.17) is 10.5 Å². The molecule has 0 radical (unpaired) electrons. The number of piperazine rings is 1. The number of likely N-dealkylation sites (N-methyl/N-ethyl adjacent to an activating group) is 1. The molecular formula is C14H23N3O. The van der Waals surface area contributed by atoms with Gasteiger partial charge in [0.25, 0.3) is 0 Å². The van der Waals surface area contributed by atoms with Crippen molar-refractivity contribution in [1.82, 2.24) is 9.80 Å². The molecule has 0 saturated carbocycles. The zero-order valence-electron chi connectivity index (χ0n) is 11.3. The van der Waals surface area contributed by atoms with E-state index < -0.39 is 0 Å². The topological polar surface area (TPSA) is 41.7 Å². The van der Waals surface area contributed by atoms with E-state index in [2.05, 4.69) is 23.8 Å². The van der Waals surface area contributed by atoms with Crippen molar-refractivity contribution in [3.8, 4) is 5.75 Å². The van der Waals surface area contributed by atoms with Crippen LogP contribution in [0.1, 0.15) is 6.92 Å². The first kappa shape index (κ1) is 13.2. The van der Waals surface area contributed by atoms with Gasteiger partial charge in [0, 0.05) is 32.2 Å². The van der Waals surface area contributed by atoms with E-state index >= 15 is 0 Å². The second-order valence-electron chi connectivity index (χ2n) is 5.02. The number of rotatable bonds is 4. The predicted molar refractivity (Wildman–Crippen MR) is 74.9 cm³/mol. The van der Waals surface area contributed by atoms with E-state index in [1.54, 1.807) is 0 Å². The molecule has 0 amide bonds. The number of nitrogens with zero attached hydrogens (tertiary/aromatic N) is 2. The second kappa shape index (κ2) is 6.07. The number of hydrogen-bond donors (Lipinski definition) is 1. The molecule has 0 aromatic heterocycles. The van der Waals surface area contributed by atoms with E-state index in [9.17, 15) is 0 Å². The smallest absolute Gasteiger partial charge is 0.142 e. The van der Waals surface area contributed by atoms with Crippen LogP contribution in [-0.4, -0.2) is 55.7 Å². The van der Waals surface area contributed by atoms with Crippen molar-refractivity contribution >= 4 is 5.69 Å². The van der Waals surface area contributed by atoms with Crippen LogP contribution in [0.25, 0.3) is 0 Å². The van der Waals surface area contributed by atoms with Crippen molar-refractivity contribution in [3.63, 3.8) is 0 Å². The minimum Gasteiger partial charge on any atom is -0.490 e. The number of benzene rings is 1. The molecular weight excluding hydrogens is 226 g/mol. The van der Waals surface area contributed by atoms with Gasteiger partial charge in [-0.2, -0.15) is 0 Å². The summed E-state index contributed by atoms with van der Waals surface area (Å²) in [6, 6.07) is 8.28. The highest BCUT2D eigenvalue weighted by molar-refractivity contribution is 5.51. The van der Waals surface area contributed by atoms with E-state index in [0.717, 1.165) is 31.9 Å². The van der Waals surface area contributed by atoms with Crippen molar-refractivity contribution in [3.05, 3.63) is 24.3 Å². The highest BCUT2D eigenvalue weighted by atomic mass is 16.5. The minimum absolute atomic E-state index is 0.626. The fourth-order valence-corrected chi connectivity index (χ4v) is 2.22. The molecule has 1 saturated heterocycles. The molecule has 1 fully saturated rings. The third kappa shape index (κ3) is 3.37. The second-order valence-corrected chi connectivity index (χ2v) is 5.02. The van der Waals surface area contributed by atoms with Crippen molar-refractivity contribution in [1.29, 1.82) is 0 Å². The summed E-state index contributed by atoms with van der Waals surface area (Å²) >= 11 is 0. The minimum atomic E-state index is 0.626. The summed E-state index contributed by atoms with van der Waals surface area (Å²) in [6.07, 6.45) is 0. The van der Waals surface area contributed by atoms with Crippen LogP contribution >= 0.6 is 0 Å². The number of anilines is 1. The van der Waals surface area contributed by atoms with Gasteiger partial charge in [0.2, 0.25) is 0 Å². The Labute approximate surface area is 109 Å². The standard InChI is InChI=1S/C14H23N3O/c1-12-11-17(8-7-16(12)2)9-10-18-14-6-4-3-5-13(14)15/h3-6,12H,7-11,15H2,1-2H3. The third-order valence-electron chi connectivity index (χ3n) is 3.63. The molecule has 1 unspecified atom stereocenters. The summed E-state index contributed by atoms with van der Waals surface area (Å²) in [5, 5.41) is 0. The third-order valence-corrected chi connectivity index (χ3v) is 3.63. The Bertz CT molecular complexity index is 383. The Kier molecular flexibility index (Phi) is 4.44. The van der Waals surface area contributed by atoms with Crippen LogP contribution in [0.5, 0.6) is 5.75 Å². The van der Waals surface area contributed by atoms with Gasteiger partial charge in [0.15, 0.2) is 0 Å². The summed E-state index contributed by atoms with van der Waals surface area (Å²) in [5.41, 5.74) is 6.55. The van der Waals surface area contributed by atoms with Crippen LogP contribution in [0.4, 0.5) is 5.69 Å². The number of nitrogen functional groups attached to an aromatic ring is 1. The first-order chi connectivity index (χ1) is 8.66. The SMILES string of the molecule is CC1CN(CCOc2ccccc2N)CCN1C. The summed E-state index contributed by atoms with van der Waals surface area (Å²) in [6.45, 7) is 7.30. The molecule has 1 aromatic carbocycles. The van der Waals surface area contributed by atoms with E-state index in [-0.39, 0.29) is 0 Å². The molecule has 0 aliphatic carbocycles. The van der Waals surface area contributed by atoms with Gasteiger partial charge in [-0.3, -0.25) is 4.90 Å². The summed E-state index contributed by atoms with van der Waals surface area (Å²) in [5.74, 6) is 0.791. The molecule has 1 aliphatic heterocycles. The monoisotopic (exact) mass is 249 g/mol. The van der Waals surface area contributed by atoms with Gasteiger partial charge in [-0.15, -0.1) is 0 Å². The lowest BCUT2D eigenvalue weighted by Crippen LogP contribution is -2.50. The fraction of sp³-hybridized carbons (Fsp3) is 0.571. The first-order valence-corrected chi connectivity index (χ1v) is 6.56. The average Bonchev–Trinajstić information content (AvgIpc) is 2.36. The van der Waals surface area contributed by atoms with Gasteiger partial charge in [-0.05, 0) is 26.1 Å². The van der Waals surface area contributed by atoms with Crippen molar-refractivity contribution in [2.45, 2.75) is 13.0 Å². The highest BCUT2D eigenvalue weighted by Crippen LogP contribution is 2.19. The van der Waals surface area contributed by atoms with Gasteiger partial charge in [-0.1, -0.05) is 12.1 Å². The highest BCUT2D eigenvalue weighted by Gasteiger charge is 2.20. The lowest BCUT2D eigenvalue weighted by atomic mass is 10.2. The lowest BCUT2D eigenvalue weighted by molar-refractivity contribution is 0.0929. The Hall–Kier alpha value is -1.26. The molecule has 2 rings (SSSR count). The molecule has 2 N–H and O–H groups in total. The zero-order chi connectivity index (χ0) is 13.0. The molecule has 4 heteroatoms. The Morgan fingerprint density at radius 1 is 1.33 bits per heavy atom. The van der Waals surface area contributed by atoms with Crippen molar-refractivity contribution in [2.24, 2.45) is 0 Å². The van der Waals surface area contributed by atoms with Gasteiger partial charge < -0.3 is 15.4 Å². The van der Waals surface area contributed by atoms with Crippen LogP contribution in [0, 0.1) is 0 Å². The predicted octanol–water partition coefficient (Wildman–Crippen LogP) is 1.28.